The minimum absolute atomic E-state index is 0.00174. The molecule has 1 heterocycles. The van der Waals surface area contributed by atoms with Crippen molar-refractivity contribution in [2.24, 2.45) is 28.6 Å². The highest BCUT2D eigenvalue weighted by Crippen LogP contribution is 2.55. The zero-order valence-corrected chi connectivity index (χ0v) is 66.7. The van der Waals surface area contributed by atoms with Crippen LogP contribution in [0.2, 0.25) is 0 Å². The molecular weight excluding hydrogens is 1440 g/mol. The molecule has 5 unspecified atom stereocenters. The fraction of sp³-hybridized carbons (Fsp3) is 0.268. The van der Waals surface area contributed by atoms with Gasteiger partial charge >= 0.3 is 29.8 Å². The zero-order chi connectivity index (χ0) is 82.8. The number of esters is 5. The molecule has 0 radical (unpaired) electrons. The van der Waals surface area contributed by atoms with Gasteiger partial charge in [-0.25, -0.2) is 24.1 Å². The molecule has 4 saturated carbocycles. The van der Waals surface area contributed by atoms with Crippen molar-refractivity contribution in [3.05, 3.63) is 328 Å². The molecule has 0 saturated heterocycles. The van der Waals surface area contributed by atoms with Gasteiger partial charge in [-0.05, 0) is 206 Å². The summed E-state index contributed by atoms with van der Waals surface area (Å²) < 4.78 is 24.7. The number of nitrogens with zero attached hydrogens (tertiary/aromatic N) is 5. The lowest BCUT2D eigenvalue weighted by Crippen LogP contribution is -2.26. The van der Waals surface area contributed by atoms with Crippen LogP contribution in [-0.4, -0.2) is 94.5 Å². The average Bonchev–Trinajstić information content (AvgIpc) is 1.61. The number of ketones is 2. The van der Waals surface area contributed by atoms with E-state index in [9.17, 15) is 38.7 Å². The summed E-state index contributed by atoms with van der Waals surface area (Å²) in [6, 6.07) is 66.0. The van der Waals surface area contributed by atoms with Gasteiger partial charge in [0, 0.05) is 34.0 Å². The van der Waals surface area contributed by atoms with Crippen molar-refractivity contribution >= 4 is 80.4 Å². The van der Waals surface area contributed by atoms with Crippen molar-refractivity contribution in [2.75, 3.05) is 33.0 Å². The van der Waals surface area contributed by atoms with Crippen LogP contribution < -0.4 is 0 Å². The number of allylic oxidation sites excluding steroid dienone is 1. The number of Topliss-reactive ketones (excluding diaryl/α,β-unsaturated/α-hetero) is 2. The van der Waals surface area contributed by atoms with Crippen molar-refractivity contribution in [3.8, 4) is 22.6 Å². The van der Waals surface area contributed by atoms with E-state index in [1.165, 1.54) is 36.2 Å². The predicted molar refractivity (Wildman–Crippen MR) is 450 cm³/mol. The van der Waals surface area contributed by atoms with Crippen molar-refractivity contribution in [2.45, 2.75) is 107 Å². The number of benzene rings is 9. The summed E-state index contributed by atoms with van der Waals surface area (Å²) in [7, 11) is 0. The summed E-state index contributed by atoms with van der Waals surface area (Å²) >= 11 is 0. The molecule has 18 heteroatoms. The van der Waals surface area contributed by atoms with Gasteiger partial charge < -0.3 is 28.8 Å². The van der Waals surface area contributed by atoms with Gasteiger partial charge in [-0.2, -0.15) is 0 Å². The van der Waals surface area contributed by atoms with Crippen LogP contribution in [0, 0.1) is 48.7 Å². The molecule has 5 aliphatic rings. The van der Waals surface area contributed by atoms with E-state index in [1.54, 1.807) is 70.2 Å². The molecule has 0 aliphatic heterocycles. The average molecular weight is 1540 g/mol. The SMILES string of the molecule is C=C1C(=O)C2(C)CCC1C2.C=CCOC(=O)c1ccc2cc(C(=O)OCC)ccc2c1.CC1C(=O)C2(C)CCC1C2.CCOC(=O)/C=C/c1ccccc1.CCc1cc(C)cc(-n2nc3ccccc3n2)c1O.[C-]#[N+]C(C(=O)OCC)=C(c1ccccc1)c1ccccc1.[C-]#[N+]C(C(=O)OCC)=C1c2ccccc2-c2ccccc21. The smallest absolute Gasteiger partial charge is 0.338 e. The Hall–Kier alpha value is -13.2. The Morgan fingerprint density at radius 2 is 1.07 bits per heavy atom. The van der Waals surface area contributed by atoms with E-state index in [4.69, 9.17) is 36.8 Å². The second kappa shape index (κ2) is 40.8. The van der Waals surface area contributed by atoms with Crippen molar-refractivity contribution < 1.29 is 62.4 Å². The lowest BCUT2D eigenvalue weighted by Gasteiger charge is -2.22. The van der Waals surface area contributed by atoms with E-state index in [1.807, 2.05) is 190 Å². The van der Waals surface area contributed by atoms with Crippen LogP contribution in [0.5, 0.6) is 5.75 Å². The summed E-state index contributed by atoms with van der Waals surface area (Å²) in [4.78, 5) is 89.7. The number of ether oxygens (including phenoxy) is 5. The molecule has 9 aromatic carbocycles. The molecule has 115 heavy (non-hydrogen) atoms. The number of hydrogen-bond acceptors (Lipinski definition) is 15. The highest BCUT2D eigenvalue weighted by atomic mass is 16.5. The van der Waals surface area contributed by atoms with Gasteiger partial charge in [0.05, 0.1) is 50.7 Å². The Kier molecular flexibility index (Phi) is 30.5. The van der Waals surface area contributed by atoms with Crippen molar-refractivity contribution in [3.63, 3.8) is 0 Å². The molecule has 4 bridgehead atoms. The molecule has 1 N–H and O–H groups in total. The van der Waals surface area contributed by atoms with Crippen LogP contribution >= 0.6 is 0 Å². The quantitative estimate of drug-likeness (QED) is 0.0312. The number of carbonyl (C=O) groups is 7. The molecular formula is C97H97N5O13. The van der Waals surface area contributed by atoms with Crippen molar-refractivity contribution in [1.29, 1.82) is 0 Å². The molecule has 5 atom stereocenters. The van der Waals surface area contributed by atoms with E-state index in [2.05, 4.69) is 53.8 Å². The Balaban J connectivity index is 0.000000156. The number of aryl methyl sites for hydroxylation is 2. The van der Waals surface area contributed by atoms with Gasteiger partial charge in [-0.1, -0.05) is 217 Å². The lowest BCUT2D eigenvalue weighted by atomic mass is 9.81. The van der Waals surface area contributed by atoms with Gasteiger partial charge in [0.15, 0.2) is 5.78 Å². The van der Waals surface area contributed by atoms with E-state index >= 15 is 0 Å². The highest BCUT2D eigenvalue weighted by molar-refractivity contribution is 6.11. The van der Waals surface area contributed by atoms with Crippen molar-refractivity contribution in [1.82, 2.24) is 15.0 Å². The third-order valence-electron chi connectivity index (χ3n) is 20.6. The fourth-order valence-corrected chi connectivity index (χ4v) is 14.8. The van der Waals surface area contributed by atoms with E-state index < -0.39 is 17.9 Å². The van der Waals surface area contributed by atoms with E-state index in [-0.39, 0.29) is 59.7 Å². The second-order valence-corrected chi connectivity index (χ2v) is 28.5. The molecule has 4 fully saturated rings. The monoisotopic (exact) mass is 1540 g/mol. The number of aromatic hydroxyl groups is 1. The van der Waals surface area contributed by atoms with Gasteiger partial charge in [0.2, 0.25) is 0 Å². The van der Waals surface area contributed by atoms with Gasteiger partial charge in [-0.15, -0.1) is 15.0 Å². The zero-order valence-electron chi connectivity index (χ0n) is 66.7. The maximum Gasteiger partial charge on any atom is 0.338 e. The predicted octanol–water partition coefficient (Wildman–Crippen LogP) is 20.4. The number of phenols is 1. The van der Waals surface area contributed by atoms with E-state index in [0.717, 1.165) is 109 Å². The largest absolute Gasteiger partial charge is 0.505 e. The molecule has 5 aliphatic carbocycles. The maximum absolute atomic E-state index is 12.1. The molecule has 0 spiro atoms. The Labute approximate surface area is 673 Å². The van der Waals surface area contributed by atoms with Crippen LogP contribution in [-0.2, 0) is 54.1 Å². The number of rotatable bonds is 16. The number of aromatic nitrogens is 3. The van der Waals surface area contributed by atoms with E-state index in [0.29, 0.717) is 64.6 Å². The molecule has 15 rings (SSSR count). The summed E-state index contributed by atoms with van der Waals surface area (Å²) in [6.45, 7) is 40.8. The van der Waals surface area contributed by atoms with Gasteiger partial charge in [-0.3, -0.25) is 19.2 Å². The summed E-state index contributed by atoms with van der Waals surface area (Å²) in [5.41, 5.74) is 14.1. The lowest BCUT2D eigenvalue weighted by molar-refractivity contribution is -0.139. The second-order valence-electron chi connectivity index (χ2n) is 28.5. The van der Waals surface area contributed by atoms with Crippen LogP contribution in [0.3, 0.4) is 0 Å². The minimum Gasteiger partial charge on any atom is -0.505 e. The third-order valence-corrected chi connectivity index (χ3v) is 20.6. The van der Waals surface area contributed by atoms with Gasteiger partial charge in [0.25, 0.3) is 11.4 Å². The third kappa shape index (κ3) is 21.3. The fourth-order valence-electron chi connectivity index (χ4n) is 14.8. The molecule has 10 aromatic rings. The molecule has 588 valence electrons. The van der Waals surface area contributed by atoms with Gasteiger partial charge in [0.1, 0.15) is 34.9 Å². The first-order valence-electron chi connectivity index (χ1n) is 38.7. The summed E-state index contributed by atoms with van der Waals surface area (Å²) in [6.07, 6.45) is 12.4. The Bertz CT molecular complexity index is 5230. The van der Waals surface area contributed by atoms with Crippen LogP contribution in [0.25, 0.3) is 65.5 Å². The highest BCUT2D eigenvalue weighted by Gasteiger charge is 2.53. The number of phenolic OH excluding ortho intramolecular Hbond substituents is 1. The summed E-state index contributed by atoms with van der Waals surface area (Å²) in [5, 5.41) is 20.8. The van der Waals surface area contributed by atoms with Crippen LogP contribution in [0.1, 0.15) is 154 Å². The maximum atomic E-state index is 12.1. The Morgan fingerprint density at radius 1 is 0.574 bits per heavy atom. The number of fused-ring (bicyclic) bond motifs is 9. The first-order chi connectivity index (χ1) is 55.5. The van der Waals surface area contributed by atoms with Crippen LogP contribution in [0.15, 0.2) is 255 Å². The number of hydrogen-bond donors (Lipinski definition) is 1. The first kappa shape index (κ1) is 85.8. The van der Waals surface area contributed by atoms with Crippen LogP contribution in [0.4, 0.5) is 0 Å². The number of carbonyl (C=O) groups excluding carboxylic acids is 7. The standard InChI is InChI=1S/C18H13NO2.C18H15NO2.C17H16O4.C15H15N3O.C11H12O2.C9H14O.C9H12O/c1-3-21-18(20)17(19-2)16-14-10-6-4-8-12(14)13-9-5-7-11-15(13)16;1-3-21-18(20)17(19-2)16(14-10-6-4-7-11-14)15-12-8-5-9-13-15;1-3-9-21-17(19)15-8-6-12-10-14(16(18)20-4-2)7-5-13(12)11-15;1-3-11-8-10(2)9-14(15(11)19)18-16-12-6-4-5-7-13(12)17-18;1-2-13-11(12)9-8-10-6-4-3-5-7-10;2*1-6-7-3-4-9(2,5-7)8(6)10/h4-11H,3H2,1H3;4-13H,3H2,1H3;3,5-8,10-11H,1,4,9H2,2H3;4-9,19H,3H2,1-2H3;3-9H,2H2,1H3;6-7H,3-5H2,1-2H3;7H,1,3-5H2,2H3/b;;;;9-8+;;. The summed E-state index contributed by atoms with van der Waals surface area (Å²) in [5.74, 6) is 0.574. The normalized spacial score (nSPS) is 17.1. The topological polar surface area (TPSA) is 225 Å². The Morgan fingerprint density at radius 3 is 1.51 bits per heavy atom. The minimum atomic E-state index is -0.588. The molecule has 18 nitrogen and oxygen atoms in total. The molecule has 0 amide bonds. The molecule has 1 aromatic heterocycles. The first-order valence-corrected chi connectivity index (χ1v) is 38.7.